The molecule has 0 spiro atoms. The zero-order chi connectivity index (χ0) is 11.5. The first-order valence-electron chi connectivity index (χ1n) is 5.79. The van der Waals surface area contributed by atoms with Crippen molar-refractivity contribution < 1.29 is 0 Å². The average Bonchev–Trinajstić information content (AvgIpc) is 2.76. The van der Waals surface area contributed by atoms with Crippen molar-refractivity contribution in [3.63, 3.8) is 0 Å². The summed E-state index contributed by atoms with van der Waals surface area (Å²) in [5, 5.41) is 6.83. The van der Waals surface area contributed by atoms with Crippen molar-refractivity contribution in [1.82, 2.24) is 5.32 Å². The summed E-state index contributed by atoms with van der Waals surface area (Å²) in [6.45, 7) is 8.27. The third-order valence-electron chi connectivity index (χ3n) is 2.95. The van der Waals surface area contributed by atoms with E-state index in [2.05, 4.69) is 54.6 Å². The Morgan fingerprint density at radius 1 is 1.31 bits per heavy atom. The monoisotopic (exact) mass is 217 g/mol. The molecule has 0 bridgehead atoms. The third-order valence-corrected chi connectivity index (χ3v) is 2.95. The van der Waals surface area contributed by atoms with Gasteiger partial charge >= 0.3 is 0 Å². The fraction of sp³-hybridized carbons (Fsp3) is 0.462. The zero-order valence-electron chi connectivity index (χ0n) is 10.2. The van der Waals surface area contributed by atoms with E-state index in [1.54, 1.807) is 0 Å². The molecular weight excluding hydrogens is 198 g/mol. The Hall–Kier alpha value is -1.51. The van der Waals surface area contributed by atoms with E-state index in [-0.39, 0.29) is 6.04 Å². The fourth-order valence-electron chi connectivity index (χ4n) is 2.03. The SMILES string of the molecule is Cc1cccc(C)c1N[C@@H](C)C1=NCCN1. The molecule has 0 fully saturated rings. The van der Waals surface area contributed by atoms with Gasteiger partial charge in [0.05, 0.1) is 12.6 Å². The van der Waals surface area contributed by atoms with Crippen LogP contribution in [0.3, 0.4) is 0 Å². The van der Waals surface area contributed by atoms with Gasteiger partial charge in [0.15, 0.2) is 0 Å². The molecule has 1 atom stereocenters. The van der Waals surface area contributed by atoms with Crippen molar-refractivity contribution in [2.24, 2.45) is 4.99 Å². The summed E-state index contributed by atoms with van der Waals surface area (Å²) in [4.78, 5) is 4.43. The minimum absolute atomic E-state index is 0.252. The maximum absolute atomic E-state index is 4.43. The van der Waals surface area contributed by atoms with Crippen LogP contribution in [-0.4, -0.2) is 25.0 Å². The molecule has 0 aromatic heterocycles. The van der Waals surface area contributed by atoms with Gasteiger partial charge in [-0.15, -0.1) is 0 Å². The highest BCUT2D eigenvalue weighted by Gasteiger charge is 2.14. The molecule has 1 aromatic carbocycles. The summed E-state index contributed by atoms with van der Waals surface area (Å²) in [6, 6.07) is 6.60. The number of anilines is 1. The van der Waals surface area contributed by atoms with E-state index in [4.69, 9.17) is 0 Å². The van der Waals surface area contributed by atoms with Crippen LogP contribution < -0.4 is 10.6 Å². The van der Waals surface area contributed by atoms with E-state index in [9.17, 15) is 0 Å². The van der Waals surface area contributed by atoms with Crippen molar-refractivity contribution in [2.75, 3.05) is 18.4 Å². The van der Waals surface area contributed by atoms with E-state index in [1.807, 2.05) is 0 Å². The van der Waals surface area contributed by atoms with Gasteiger partial charge in [-0.2, -0.15) is 0 Å². The minimum Gasteiger partial charge on any atom is -0.375 e. The molecule has 0 saturated heterocycles. The van der Waals surface area contributed by atoms with Gasteiger partial charge < -0.3 is 10.6 Å². The fourth-order valence-corrected chi connectivity index (χ4v) is 2.03. The highest BCUT2D eigenvalue weighted by Crippen LogP contribution is 2.20. The largest absolute Gasteiger partial charge is 0.375 e. The number of benzene rings is 1. The summed E-state index contributed by atoms with van der Waals surface area (Å²) in [6.07, 6.45) is 0. The second-order valence-corrected chi connectivity index (χ2v) is 4.33. The second-order valence-electron chi connectivity index (χ2n) is 4.33. The van der Waals surface area contributed by atoms with E-state index < -0.39 is 0 Å². The van der Waals surface area contributed by atoms with Crippen LogP contribution in [0.25, 0.3) is 0 Å². The lowest BCUT2D eigenvalue weighted by atomic mass is 10.1. The summed E-state index contributed by atoms with van der Waals surface area (Å²) >= 11 is 0. The Kier molecular flexibility index (Phi) is 3.13. The molecule has 1 aliphatic rings. The molecule has 16 heavy (non-hydrogen) atoms. The number of rotatable bonds is 3. The maximum atomic E-state index is 4.43. The molecule has 0 radical (unpaired) electrons. The van der Waals surface area contributed by atoms with Crippen LogP contribution in [0.5, 0.6) is 0 Å². The summed E-state index contributed by atoms with van der Waals surface area (Å²) in [5.74, 6) is 1.07. The van der Waals surface area contributed by atoms with E-state index >= 15 is 0 Å². The lowest BCUT2D eigenvalue weighted by Gasteiger charge is -2.19. The van der Waals surface area contributed by atoms with Crippen molar-refractivity contribution in [3.05, 3.63) is 29.3 Å². The Morgan fingerprint density at radius 2 is 2.00 bits per heavy atom. The number of amidine groups is 1. The van der Waals surface area contributed by atoms with Crippen LogP contribution in [0.1, 0.15) is 18.1 Å². The van der Waals surface area contributed by atoms with Gasteiger partial charge in [-0.1, -0.05) is 18.2 Å². The summed E-state index contributed by atoms with van der Waals surface area (Å²) in [7, 11) is 0. The standard InChI is InChI=1S/C13H19N3/c1-9-5-4-6-10(2)12(9)16-11(3)13-14-7-8-15-13/h4-6,11,16H,7-8H2,1-3H3,(H,14,15)/t11-/m0/s1. The Labute approximate surface area is 97.0 Å². The highest BCUT2D eigenvalue weighted by molar-refractivity contribution is 5.90. The summed E-state index contributed by atoms with van der Waals surface area (Å²) < 4.78 is 0. The number of nitrogens with zero attached hydrogens (tertiary/aromatic N) is 1. The number of aliphatic imine (C=N–C) groups is 1. The van der Waals surface area contributed by atoms with Crippen LogP contribution in [0, 0.1) is 13.8 Å². The minimum atomic E-state index is 0.252. The molecule has 0 unspecified atom stereocenters. The predicted octanol–water partition coefficient (Wildman–Crippen LogP) is 2.11. The maximum Gasteiger partial charge on any atom is 0.119 e. The second kappa shape index (κ2) is 4.56. The van der Waals surface area contributed by atoms with E-state index in [0.29, 0.717) is 0 Å². The van der Waals surface area contributed by atoms with Crippen LogP contribution in [0.15, 0.2) is 23.2 Å². The lowest BCUT2D eigenvalue weighted by molar-refractivity contribution is 0.927. The van der Waals surface area contributed by atoms with Crippen molar-refractivity contribution in [1.29, 1.82) is 0 Å². The van der Waals surface area contributed by atoms with Crippen LogP contribution in [0.4, 0.5) is 5.69 Å². The number of nitrogens with one attached hydrogen (secondary N) is 2. The average molecular weight is 217 g/mol. The normalized spacial score (nSPS) is 16.6. The first kappa shape index (κ1) is 11.0. The van der Waals surface area contributed by atoms with Crippen molar-refractivity contribution >= 4 is 11.5 Å². The molecule has 3 heteroatoms. The number of aryl methyl sites for hydroxylation is 2. The molecular formula is C13H19N3. The molecule has 3 nitrogen and oxygen atoms in total. The molecule has 0 aliphatic carbocycles. The first-order valence-corrected chi connectivity index (χ1v) is 5.79. The van der Waals surface area contributed by atoms with E-state index in [0.717, 1.165) is 18.9 Å². The molecule has 2 rings (SSSR count). The van der Waals surface area contributed by atoms with Crippen LogP contribution in [-0.2, 0) is 0 Å². The first-order chi connectivity index (χ1) is 7.68. The van der Waals surface area contributed by atoms with Gasteiger partial charge in [0, 0.05) is 12.2 Å². The van der Waals surface area contributed by atoms with Crippen LogP contribution in [0.2, 0.25) is 0 Å². The van der Waals surface area contributed by atoms with Gasteiger partial charge in [0.2, 0.25) is 0 Å². The summed E-state index contributed by atoms with van der Waals surface area (Å²) in [5.41, 5.74) is 3.79. The van der Waals surface area contributed by atoms with Gasteiger partial charge in [0.25, 0.3) is 0 Å². The molecule has 1 aliphatic heterocycles. The van der Waals surface area contributed by atoms with Crippen molar-refractivity contribution in [3.8, 4) is 0 Å². The molecule has 0 amide bonds. The smallest absolute Gasteiger partial charge is 0.119 e. The number of hydrogen-bond donors (Lipinski definition) is 2. The van der Waals surface area contributed by atoms with Gasteiger partial charge in [-0.05, 0) is 31.9 Å². The predicted molar refractivity (Wildman–Crippen MR) is 69.3 cm³/mol. The molecule has 1 aromatic rings. The lowest BCUT2D eigenvalue weighted by Crippen LogP contribution is -2.35. The molecule has 0 saturated carbocycles. The van der Waals surface area contributed by atoms with Gasteiger partial charge in [-0.25, -0.2) is 0 Å². The Bertz CT molecular complexity index is 389. The molecule has 86 valence electrons. The Balaban J connectivity index is 2.14. The zero-order valence-corrected chi connectivity index (χ0v) is 10.2. The number of hydrogen-bond acceptors (Lipinski definition) is 3. The van der Waals surface area contributed by atoms with Crippen molar-refractivity contribution in [2.45, 2.75) is 26.8 Å². The molecule has 1 heterocycles. The topological polar surface area (TPSA) is 36.4 Å². The Morgan fingerprint density at radius 3 is 2.56 bits per heavy atom. The highest BCUT2D eigenvalue weighted by atomic mass is 15.1. The molecule has 2 N–H and O–H groups in total. The number of para-hydroxylation sites is 1. The third kappa shape index (κ3) is 2.18. The van der Waals surface area contributed by atoms with Gasteiger partial charge in [-0.3, -0.25) is 4.99 Å². The van der Waals surface area contributed by atoms with E-state index in [1.165, 1.54) is 16.8 Å². The van der Waals surface area contributed by atoms with Gasteiger partial charge in [0.1, 0.15) is 5.84 Å². The van der Waals surface area contributed by atoms with Crippen LogP contribution >= 0.6 is 0 Å². The quantitative estimate of drug-likeness (QED) is 0.813.